The van der Waals surface area contributed by atoms with E-state index < -0.39 is 30.4 Å². The summed E-state index contributed by atoms with van der Waals surface area (Å²) in [7, 11) is 1.31. The molecule has 1 fully saturated rings. The van der Waals surface area contributed by atoms with Crippen LogP contribution < -0.4 is 10.6 Å². The molecule has 0 aliphatic carbocycles. The number of rotatable bonds is 7. The number of methoxy groups -OCH3 is 1. The lowest BCUT2D eigenvalue weighted by Gasteiger charge is -2.13. The minimum Gasteiger partial charge on any atom is -0.468 e. The topological polar surface area (TPSA) is 110 Å². The Hall–Kier alpha value is -4.40. The summed E-state index contributed by atoms with van der Waals surface area (Å²) in [5.41, 5.74) is 3.08. The number of carbonyl (C=O) groups excluding carboxylic acids is 4. The third-order valence-electron chi connectivity index (χ3n) is 5.58. The van der Waals surface area contributed by atoms with Gasteiger partial charge in [-0.3, -0.25) is 14.4 Å². The summed E-state index contributed by atoms with van der Waals surface area (Å²) in [6, 6.07) is 14.1. The summed E-state index contributed by atoms with van der Waals surface area (Å²) in [6.07, 6.45) is 3.99. The lowest BCUT2D eigenvalue weighted by atomic mass is 10.1. The van der Waals surface area contributed by atoms with Crippen molar-refractivity contribution in [3.8, 4) is 0 Å². The van der Waals surface area contributed by atoms with Crippen LogP contribution in [0.3, 0.4) is 0 Å². The van der Waals surface area contributed by atoms with Crippen LogP contribution in [0.1, 0.15) is 18.1 Å². The van der Waals surface area contributed by atoms with Crippen LogP contribution in [0.15, 0.2) is 60.4 Å². The molecule has 3 aromatic rings. The molecule has 0 bridgehead atoms. The number of para-hydroxylation sites is 2. The maximum absolute atomic E-state index is 12.9. The largest absolute Gasteiger partial charge is 0.468 e. The standard InChI is InChI=1S/C25H24N4O5/c1-3-16-8-4-6-10-19(16)26-22(30)14-29-24(32)20(27-25(29)33)12-17-13-28(15-23(31)34-2)21-11-7-5-9-18(17)21/h4-13H,3,14-15H2,1-2H3,(H,26,30)(H,27,33)/b20-12+. The number of hydrogen-bond acceptors (Lipinski definition) is 5. The van der Waals surface area contributed by atoms with Crippen LogP contribution in [-0.2, 0) is 32.1 Å². The first-order chi connectivity index (χ1) is 16.4. The Bertz CT molecular complexity index is 1320. The highest BCUT2D eigenvalue weighted by atomic mass is 16.5. The molecule has 0 spiro atoms. The van der Waals surface area contributed by atoms with E-state index in [4.69, 9.17) is 4.74 Å². The van der Waals surface area contributed by atoms with E-state index in [0.29, 0.717) is 11.3 Å². The molecule has 2 N–H and O–H groups in total. The predicted molar refractivity (Wildman–Crippen MR) is 127 cm³/mol. The third kappa shape index (κ3) is 4.54. The molecule has 1 aromatic heterocycles. The molecule has 0 radical (unpaired) electrons. The maximum atomic E-state index is 12.9. The van der Waals surface area contributed by atoms with Crippen molar-refractivity contribution < 1.29 is 23.9 Å². The number of urea groups is 1. The Morgan fingerprint density at radius 2 is 1.79 bits per heavy atom. The summed E-state index contributed by atoms with van der Waals surface area (Å²) in [5, 5.41) is 6.10. The van der Waals surface area contributed by atoms with Gasteiger partial charge in [0.2, 0.25) is 5.91 Å². The molecule has 0 unspecified atom stereocenters. The average Bonchev–Trinajstić information content (AvgIpc) is 3.31. The normalized spacial score (nSPS) is 14.5. The van der Waals surface area contributed by atoms with Gasteiger partial charge < -0.3 is 19.9 Å². The fourth-order valence-corrected chi connectivity index (χ4v) is 3.88. The third-order valence-corrected chi connectivity index (χ3v) is 5.58. The number of amides is 4. The van der Waals surface area contributed by atoms with Crippen LogP contribution in [0.2, 0.25) is 0 Å². The quantitative estimate of drug-likeness (QED) is 0.320. The molecule has 9 nitrogen and oxygen atoms in total. The lowest BCUT2D eigenvalue weighted by Crippen LogP contribution is -2.38. The zero-order valence-electron chi connectivity index (χ0n) is 18.8. The van der Waals surface area contributed by atoms with E-state index in [1.54, 1.807) is 29.0 Å². The Balaban J connectivity index is 1.55. The minimum absolute atomic E-state index is 0.00597. The molecule has 4 amide bonds. The Labute approximate surface area is 196 Å². The van der Waals surface area contributed by atoms with Crippen molar-refractivity contribution in [3.05, 3.63) is 71.6 Å². The second kappa shape index (κ2) is 9.62. The monoisotopic (exact) mass is 460 g/mol. The molecular weight excluding hydrogens is 436 g/mol. The Morgan fingerprint density at radius 1 is 1.06 bits per heavy atom. The van der Waals surface area contributed by atoms with Crippen molar-refractivity contribution in [3.63, 3.8) is 0 Å². The van der Waals surface area contributed by atoms with Gasteiger partial charge in [-0.2, -0.15) is 0 Å². The molecule has 2 heterocycles. The molecule has 174 valence electrons. The van der Waals surface area contributed by atoms with Crippen molar-refractivity contribution in [2.75, 3.05) is 19.0 Å². The van der Waals surface area contributed by atoms with Crippen LogP contribution in [0.25, 0.3) is 17.0 Å². The SMILES string of the molecule is CCc1ccccc1NC(=O)CN1C(=O)N/C(=C/c2cn(CC(=O)OC)c3ccccc23)C1=O. The number of benzene rings is 2. The van der Waals surface area contributed by atoms with Gasteiger partial charge in [-0.25, -0.2) is 9.69 Å². The number of anilines is 1. The molecule has 1 aliphatic heterocycles. The second-order valence-electron chi connectivity index (χ2n) is 7.74. The summed E-state index contributed by atoms with van der Waals surface area (Å²) < 4.78 is 6.47. The molecule has 0 atom stereocenters. The van der Waals surface area contributed by atoms with E-state index in [1.807, 2.05) is 43.3 Å². The molecular formula is C25H24N4O5. The zero-order valence-corrected chi connectivity index (χ0v) is 18.8. The number of hydrogen-bond donors (Lipinski definition) is 2. The van der Waals surface area contributed by atoms with Crippen molar-refractivity contribution >= 4 is 46.5 Å². The zero-order chi connectivity index (χ0) is 24.2. The van der Waals surface area contributed by atoms with Crippen LogP contribution in [0.4, 0.5) is 10.5 Å². The van der Waals surface area contributed by atoms with Crippen LogP contribution in [0.5, 0.6) is 0 Å². The van der Waals surface area contributed by atoms with E-state index in [1.165, 1.54) is 7.11 Å². The van der Waals surface area contributed by atoms with Gasteiger partial charge in [0.15, 0.2) is 0 Å². The van der Waals surface area contributed by atoms with Gasteiger partial charge in [-0.05, 0) is 30.2 Å². The van der Waals surface area contributed by atoms with Gasteiger partial charge in [-0.15, -0.1) is 0 Å². The number of imide groups is 1. The Kier molecular flexibility index (Phi) is 6.44. The summed E-state index contributed by atoms with van der Waals surface area (Å²) in [6.45, 7) is 1.57. The van der Waals surface area contributed by atoms with Crippen molar-refractivity contribution in [2.24, 2.45) is 0 Å². The fraction of sp³-hybridized carbons (Fsp3) is 0.200. The number of esters is 1. The van der Waals surface area contributed by atoms with Gasteiger partial charge in [0.1, 0.15) is 18.8 Å². The number of nitrogens with zero attached hydrogens (tertiary/aromatic N) is 2. The van der Waals surface area contributed by atoms with Crippen molar-refractivity contribution in [1.82, 2.24) is 14.8 Å². The highest BCUT2D eigenvalue weighted by Gasteiger charge is 2.35. The summed E-state index contributed by atoms with van der Waals surface area (Å²) in [4.78, 5) is 50.6. The van der Waals surface area contributed by atoms with E-state index in [2.05, 4.69) is 10.6 Å². The van der Waals surface area contributed by atoms with Gasteiger partial charge in [-0.1, -0.05) is 43.3 Å². The fourth-order valence-electron chi connectivity index (χ4n) is 3.88. The van der Waals surface area contributed by atoms with Gasteiger partial charge in [0.05, 0.1) is 7.11 Å². The number of fused-ring (bicyclic) bond motifs is 1. The van der Waals surface area contributed by atoms with E-state index in [-0.39, 0.29) is 12.2 Å². The molecule has 2 aromatic carbocycles. The van der Waals surface area contributed by atoms with Crippen LogP contribution in [-0.4, -0.2) is 46.9 Å². The van der Waals surface area contributed by atoms with E-state index in [0.717, 1.165) is 27.8 Å². The maximum Gasteiger partial charge on any atom is 0.329 e. The number of aryl methyl sites for hydroxylation is 1. The molecule has 9 heteroatoms. The van der Waals surface area contributed by atoms with E-state index in [9.17, 15) is 19.2 Å². The van der Waals surface area contributed by atoms with Gasteiger partial charge >= 0.3 is 12.0 Å². The highest BCUT2D eigenvalue weighted by molar-refractivity contribution is 6.16. The smallest absolute Gasteiger partial charge is 0.329 e. The van der Waals surface area contributed by atoms with Crippen LogP contribution in [0, 0.1) is 0 Å². The first-order valence-electron chi connectivity index (χ1n) is 10.8. The number of aromatic nitrogens is 1. The van der Waals surface area contributed by atoms with Crippen LogP contribution >= 0.6 is 0 Å². The number of nitrogens with one attached hydrogen (secondary N) is 2. The molecule has 1 aliphatic rings. The second-order valence-corrected chi connectivity index (χ2v) is 7.74. The Morgan fingerprint density at radius 3 is 2.56 bits per heavy atom. The van der Waals surface area contributed by atoms with Crippen molar-refractivity contribution in [2.45, 2.75) is 19.9 Å². The average molecular weight is 460 g/mol. The molecule has 34 heavy (non-hydrogen) atoms. The summed E-state index contributed by atoms with van der Waals surface area (Å²) >= 11 is 0. The number of ether oxygens (including phenoxy) is 1. The minimum atomic E-state index is -0.673. The van der Waals surface area contributed by atoms with Crippen molar-refractivity contribution in [1.29, 1.82) is 0 Å². The van der Waals surface area contributed by atoms with Gasteiger partial charge in [0.25, 0.3) is 5.91 Å². The number of carbonyl (C=O) groups is 4. The predicted octanol–water partition coefficient (Wildman–Crippen LogP) is 2.91. The highest BCUT2D eigenvalue weighted by Crippen LogP contribution is 2.25. The first kappa shape index (κ1) is 22.8. The van der Waals surface area contributed by atoms with Gasteiger partial charge in [0, 0.05) is 28.4 Å². The lowest BCUT2D eigenvalue weighted by molar-refractivity contribution is -0.141. The van der Waals surface area contributed by atoms with E-state index >= 15 is 0 Å². The first-order valence-corrected chi connectivity index (χ1v) is 10.8. The molecule has 4 rings (SSSR count). The molecule has 1 saturated heterocycles. The summed E-state index contributed by atoms with van der Waals surface area (Å²) in [5.74, 6) is -1.49. The molecule has 0 saturated carbocycles.